The Hall–Kier alpha value is -1.05. The van der Waals surface area contributed by atoms with E-state index in [9.17, 15) is 4.79 Å². The molecule has 0 aliphatic heterocycles. The molecule has 0 saturated carbocycles. The molecule has 0 aliphatic rings. The number of carbonyl (C=O) groups excluding carboxylic acids is 1. The lowest BCUT2D eigenvalue weighted by Gasteiger charge is -2.28. The van der Waals surface area contributed by atoms with Crippen molar-refractivity contribution < 1.29 is 9.90 Å². The first kappa shape index (κ1) is 17.9. The Morgan fingerprint density at radius 2 is 1.95 bits per heavy atom. The van der Waals surface area contributed by atoms with Gasteiger partial charge in [0.25, 0.3) is 0 Å². The van der Waals surface area contributed by atoms with Crippen LogP contribution in [0.3, 0.4) is 0 Å². The lowest BCUT2D eigenvalue weighted by atomic mass is 9.94. The fraction of sp³-hybridized carbons (Fsp3) is 0.800. The topological polar surface area (TPSA) is 52.6 Å². The van der Waals surface area contributed by atoms with E-state index in [0.717, 1.165) is 38.6 Å². The van der Waals surface area contributed by atoms with Crippen LogP contribution in [0.2, 0.25) is 0 Å². The standard InChI is InChI=1S/C15H28N2O2/c1-5-15(6-2,7-3)16-14(19)13-17(4)11-9-8-10-12-18/h1,18H,6-13H2,2-4H3,(H,16,19). The molecule has 0 bridgehead atoms. The average molecular weight is 268 g/mol. The number of carbonyl (C=O) groups is 1. The summed E-state index contributed by atoms with van der Waals surface area (Å²) in [5.74, 6) is 2.68. The van der Waals surface area contributed by atoms with E-state index in [2.05, 4.69) is 11.2 Å². The highest BCUT2D eigenvalue weighted by Crippen LogP contribution is 2.13. The molecule has 0 aromatic heterocycles. The number of nitrogens with zero attached hydrogens (tertiary/aromatic N) is 1. The summed E-state index contributed by atoms with van der Waals surface area (Å²) in [6, 6.07) is 0. The zero-order chi connectivity index (χ0) is 14.7. The van der Waals surface area contributed by atoms with Gasteiger partial charge in [-0.05, 0) is 45.7 Å². The van der Waals surface area contributed by atoms with Crippen LogP contribution in [-0.2, 0) is 4.79 Å². The van der Waals surface area contributed by atoms with Crippen LogP contribution in [0.1, 0.15) is 46.0 Å². The van der Waals surface area contributed by atoms with Crippen LogP contribution in [0.4, 0.5) is 0 Å². The fourth-order valence-electron chi connectivity index (χ4n) is 1.97. The molecule has 0 saturated heterocycles. The molecule has 0 radical (unpaired) electrons. The number of nitrogens with one attached hydrogen (secondary N) is 1. The van der Waals surface area contributed by atoms with Crippen molar-refractivity contribution in [3.8, 4) is 12.3 Å². The van der Waals surface area contributed by atoms with Gasteiger partial charge in [-0.2, -0.15) is 0 Å². The van der Waals surface area contributed by atoms with E-state index in [1.165, 1.54) is 0 Å². The van der Waals surface area contributed by atoms with Crippen LogP contribution in [0.15, 0.2) is 0 Å². The first-order valence-corrected chi connectivity index (χ1v) is 7.11. The number of amides is 1. The third kappa shape index (κ3) is 7.19. The number of unbranched alkanes of at least 4 members (excludes halogenated alkanes) is 2. The molecule has 4 heteroatoms. The summed E-state index contributed by atoms with van der Waals surface area (Å²) in [6.45, 7) is 5.43. The zero-order valence-corrected chi connectivity index (χ0v) is 12.5. The van der Waals surface area contributed by atoms with Crippen LogP contribution in [0.5, 0.6) is 0 Å². The summed E-state index contributed by atoms with van der Waals surface area (Å²) in [5.41, 5.74) is -0.505. The molecule has 0 aromatic carbocycles. The minimum atomic E-state index is -0.505. The lowest BCUT2D eigenvalue weighted by molar-refractivity contribution is -0.123. The van der Waals surface area contributed by atoms with E-state index >= 15 is 0 Å². The van der Waals surface area contributed by atoms with E-state index in [4.69, 9.17) is 11.5 Å². The Labute approximate surface area is 117 Å². The molecule has 0 heterocycles. The van der Waals surface area contributed by atoms with Gasteiger partial charge in [-0.15, -0.1) is 6.42 Å². The Kier molecular flexibility index (Phi) is 9.28. The smallest absolute Gasteiger partial charge is 0.235 e. The average Bonchev–Trinajstić information content (AvgIpc) is 2.41. The van der Waals surface area contributed by atoms with Gasteiger partial charge in [-0.25, -0.2) is 0 Å². The second-order valence-electron chi connectivity index (χ2n) is 5.00. The number of hydrogen-bond acceptors (Lipinski definition) is 3. The van der Waals surface area contributed by atoms with E-state index in [1.807, 2.05) is 25.8 Å². The van der Waals surface area contributed by atoms with Crippen LogP contribution in [-0.4, -0.2) is 48.2 Å². The minimum Gasteiger partial charge on any atom is -0.396 e. The Morgan fingerprint density at radius 3 is 2.42 bits per heavy atom. The maximum absolute atomic E-state index is 11.9. The summed E-state index contributed by atoms with van der Waals surface area (Å²) in [7, 11) is 1.92. The molecule has 0 aromatic rings. The second kappa shape index (κ2) is 9.82. The van der Waals surface area contributed by atoms with Gasteiger partial charge >= 0.3 is 0 Å². The third-order valence-electron chi connectivity index (χ3n) is 3.47. The van der Waals surface area contributed by atoms with Gasteiger partial charge in [0.05, 0.1) is 6.54 Å². The second-order valence-corrected chi connectivity index (χ2v) is 5.00. The molecule has 4 nitrogen and oxygen atoms in total. The molecule has 1 amide bonds. The van der Waals surface area contributed by atoms with Crippen LogP contribution in [0.25, 0.3) is 0 Å². The number of aliphatic hydroxyl groups excluding tert-OH is 1. The minimum absolute atomic E-state index is 0.0219. The third-order valence-corrected chi connectivity index (χ3v) is 3.47. The van der Waals surface area contributed by atoms with Crippen molar-refractivity contribution in [1.29, 1.82) is 0 Å². The van der Waals surface area contributed by atoms with Gasteiger partial charge in [0.2, 0.25) is 5.91 Å². The van der Waals surface area contributed by atoms with Crippen LogP contribution in [0, 0.1) is 12.3 Å². The van der Waals surface area contributed by atoms with Gasteiger partial charge < -0.3 is 10.4 Å². The maximum atomic E-state index is 11.9. The van der Waals surface area contributed by atoms with Crippen LogP contribution >= 0.6 is 0 Å². The molecular weight excluding hydrogens is 240 g/mol. The predicted molar refractivity (Wildman–Crippen MR) is 78.7 cm³/mol. The molecule has 0 aliphatic carbocycles. The summed E-state index contributed by atoms with van der Waals surface area (Å²) in [4.78, 5) is 13.9. The van der Waals surface area contributed by atoms with E-state index < -0.39 is 5.54 Å². The zero-order valence-electron chi connectivity index (χ0n) is 12.5. The van der Waals surface area contributed by atoms with Gasteiger partial charge in [0.15, 0.2) is 0 Å². The van der Waals surface area contributed by atoms with E-state index in [-0.39, 0.29) is 12.5 Å². The first-order chi connectivity index (χ1) is 9.03. The number of likely N-dealkylation sites (N-methyl/N-ethyl adjacent to an activating group) is 1. The summed E-state index contributed by atoms with van der Waals surface area (Å²) >= 11 is 0. The Bertz CT molecular complexity index is 293. The molecular formula is C15H28N2O2. The number of aliphatic hydroxyl groups is 1. The molecule has 0 atom stereocenters. The Balaban J connectivity index is 4.06. The molecule has 0 spiro atoms. The molecule has 110 valence electrons. The highest BCUT2D eigenvalue weighted by atomic mass is 16.2. The van der Waals surface area contributed by atoms with Gasteiger partial charge in [0.1, 0.15) is 5.54 Å². The van der Waals surface area contributed by atoms with Crippen LogP contribution < -0.4 is 5.32 Å². The highest BCUT2D eigenvalue weighted by molar-refractivity contribution is 5.79. The summed E-state index contributed by atoms with van der Waals surface area (Å²) in [5, 5.41) is 11.6. The lowest BCUT2D eigenvalue weighted by Crippen LogP contribution is -2.49. The number of hydrogen-bond donors (Lipinski definition) is 2. The molecule has 2 N–H and O–H groups in total. The fourth-order valence-corrected chi connectivity index (χ4v) is 1.97. The Morgan fingerprint density at radius 1 is 1.32 bits per heavy atom. The molecule has 0 fully saturated rings. The van der Waals surface area contributed by atoms with Gasteiger partial charge in [0, 0.05) is 6.61 Å². The van der Waals surface area contributed by atoms with Gasteiger partial charge in [-0.1, -0.05) is 19.8 Å². The first-order valence-electron chi connectivity index (χ1n) is 7.11. The summed E-state index contributed by atoms with van der Waals surface area (Å²) < 4.78 is 0. The molecule has 0 rings (SSSR count). The summed E-state index contributed by atoms with van der Waals surface area (Å²) in [6.07, 6.45) is 9.81. The van der Waals surface area contributed by atoms with Gasteiger partial charge in [-0.3, -0.25) is 9.69 Å². The van der Waals surface area contributed by atoms with Crippen molar-refractivity contribution in [2.75, 3.05) is 26.7 Å². The van der Waals surface area contributed by atoms with Crippen molar-refractivity contribution in [2.24, 2.45) is 0 Å². The van der Waals surface area contributed by atoms with E-state index in [0.29, 0.717) is 6.54 Å². The normalized spacial score (nSPS) is 11.4. The SMILES string of the molecule is C#CC(CC)(CC)NC(=O)CN(C)CCCCCO. The van der Waals surface area contributed by atoms with Crippen molar-refractivity contribution in [1.82, 2.24) is 10.2 Å². The molecule has 0 unspecified atom stereocenters. The number of terminal acetylenes is 1. The maximum Gasteiger partial charge on any atom is 0.235 e. The number of rotatable bonds is 10. The quantitative estimate of drug-likeness (QED) is 0.465. The van der Waals surface area contributed by atoms with Crippen molar-refractivity contribution in [2.45, 2.75) is 51.5 Å². The largest absolute Gasteiger partial charge is 0.396 e. The van der Waals surface area contributed by atoms with Crippen molar-refractivity contribution >= 4 is 5.91 Å². The van der Waals surface area contributed by atoms with Crippen molar-refractivity contribution in [3.63, 3.8) is 0 Å². The highest BCUT2D eigenvalue weighted by Gasteiger charge is 2.25. The monoisotopic (exact) mass is 268 g/mol. The predicted octanol–water partition coefficient (Wildman–Crippen LogP) is 1.39. The van der Waals surface area contributed by atoms with Crippen molar-refractivity contribution in [3.05, 3.63) is 0 Å². The molecule has 19 heavy (non-hydrogen) atoms. The van der Waals surface area contributed by atoms with E-state index in [1.54, 1.807) is 0 Å².